The van der Waals surface area contributed by atoms with Crippen LogP contribution in [0.2, 0.25) is 0 Å². The maximum Gasteiger partial charge on any atom is 0.143 e. The van der Waals surface area contributed by atoms with E-state index in [4.69, 9.17) is 10.5 Å². The van der Waals surface area contributed by atoms with Crippen molar-refractivity contribution in [3.63, 3.8) is 0 Å². The topological polar surface area (TPSA) is 59.6 Å². The highest BCUT2D eigenvalue weighted by atomic mass is 79.9. The van der Waals surface area contributed by atoms with Crippen LogP contribution < -0.4 is 5.32 Å². The number of hydrogen-bond acceptors (Lipinski definition) is 3. The standard InChI is InChI=1S/C14H7BrFN3/c15-12-6-10(5-4-9(12)7-17)19-14-3-1-2-13(16)11(14)8-18/h1-6,19H. The van der Waals surface area contributed by atoms with Crippen molar-refractivity contribution in [1.29, 1.82) is 10.5 Å². The van der Waals surface area contributed by atoms with Crippen LogP contribution in [-0.4, -0.2) is 0 Å². The number of anilines is 2. The first-order chi connectivity index (χ1) is 9.15. The van der Waals surface area contributed by atoms with E-state index >= 15 is 0 Å². The molecule has 92 valence electrons. The van der Waals surface area contributed by atoms with Gasteiger partial charge in [0.2, 0.25) is 0 Å². The van der Waals surface area contributed by atoms with E-state index in [9.17, 15) is 4.39 Å². The molecule has 2 aromatic carbocycles. The van der Waals surface area contributed by atoms with Crippen LogP contribution in [0.3, 0.4) is 0 Å². The normalized spacial score (nSPS) is 9.47. The van der Waals surface area contributed by atoms with Crippen molar-refractivity contribution in [3.05, 3.63) is 57.8 Å². The lowest BCUT2D eigenvalue weighted by molar-refractivity contribution is 0.624. The van der Waals surface area contributed by atoms with Crippen molar-refractivity contribution in [2.45, 2.75) is 0 Å². The third-order valence-corrected chi connectivity index (χ3v) is 3.15. The van der Waals surface area contributed by atoms with Crippen LogP contribution in [0.15, 0.2) is 40.9 Å². The van der Waals surface area contributed by atoms with Gasteiger partial charge in [-0.2, -0.15) is 10.5 Å². The van der Waals surface area contributed by atoms with Gasteiger partial charge in [0.05, 0.1) is 11.3 Å². The highest BCUT2D eigenvalue weighted by molar-refractivity contribution is 9.10. The molecule has 0 amide bonds. The molecule has 0 fully saturated rings. The first-order valence-electron chi connectivity index (χ1n) is 5.31. The molecule has 0 unspecified atom stereocenters. The van der Waals surface area contributed by atoms with Crippen molar-refractivity contribution >= 4 is 27.3 Å². The van der Waals surface area contributed by atoms with Gasteiger partial charge in [0.15, 0.2) is 0 Å². The van der Waals surface area contributed by atoms with Gasteiger partial charge in [-0.1, -0.05) is 6.07 Å². The molecule has 0 bridgehead atoms. The van der Waals surface area contributed by atoms with Crippen molar-refractivity contribution in [2.75, 3.05) is 5.32 Å². The second-order valence-electron chi connectivity index (χ2n) is 3.71. The van der Waals surface area contributed by atoms with Gasteiger partial charge in [0.1, 0.15) is 23.5 Å². The number of benzene rings is 2. The summed E-state index contributed by atoms with van der Waals surface area (Å²) in [5.41, 5.74) is 1.51. The molecule has 0 atom stereocenters. The summed E-state index contributed by atoms with van der Waals surface area (Å²) in [5.74, 6) is -0.569. The second-order valence-corrected chi connectivity index (χ2v) is 4.56. The van der Waals surface area contributed by atoms with Gasteiger partial charge in [-0.05, 0) is 46.3 Å². The minimum absolute atomic E-state index is 0.0389. The van der Waals surface area contributed by atoms with Crippen LogP contribution in [0.4, 0.5) is 15.8 Å². The highest BCUT2D eigenvalue weighted by Crippen LogP contribution is 2.26. The summed E-state index contributed by atoms with van der Waals surface area (Å²) < 4.78 is 14.1. The summed E-state index contributed by atoms with van der Waals surface area (Å²) in [6.45, 7) is 0. The van der Waals surface area contributed by atoms with Gasteiger partial charge in [-0.15, -0.1) is 0 Å². The average Bonchev–Trinajstić information content (AvgIpc) is 2.39. The fraction of sp³-hybridized carbons (Fsp3) is 0. The lowest BCUT2D eigenvalue weighted by atomic mass is 10.1. The molecule has 0 saturated carbocycles. The Balaban J connectivity index is 2.38. The molecule has 0 aliphatic rings. The Morgan fingerprint density at radius 1 is 1.11 bits per heavy atom. The van der Waals surface area contributed by atoms with Crippen LogP contribution >= 0.6 is 15.9 Å². The fourth-order valence-corrected chi connectivity index (χ4v) is 2.05. The summed E-state index contributed by atoms with van der Waals surface area (Å²) in [4.78, 5) is 0. The number of nitriles is 2. The molecular weight excluding hydrogens is 309 g/mol. The Kier molecular flexibility index (Phi) is 3.79. The lowest BCUT2D eigenvalue weighted by Gasteiger charge is -2.09. The van der Waals surface area contributed by atoms with Crippen LogP contribution in [-0.2, 0) is 0 Å². The van der Waals surface area contributed by atoms with Crippen molar-refractivity contribution in [3.8, 4) is 12.1 Å². The molecule has 1 N–H and O–H groups in total. The minimum Gasteiger partial charge on any atom is -0.354 e. The third-order valence-electron chi connectivity index (χ3n) is 2.49. The summed E-state index contributed by atoms with van der Waals surface area (Å²) in [7, 11) is 0. The Labute approximate surface area is 118 Å². The smallest absolute Gasteiger partial charge is 0.143 e. The van der Waals surface area contributed by atoms with Crippen molar-refractivity contribution < 1.29 is 4.39 Å². The highest BCUT2D eigenvalue weighted by Gasteiger charge is 2.08. The SMILES string of the molecule is N#Cc1ccc(Nc2cccc(F)c2C#N)cc1Br. The van der Waals surface area contributed by atoms with E-state index in [0.717, 1.165) is 0 Å². The van der Waals surface area contributed by atoms with Crippen LogP contribution in [0.1, 0.15) is 11.1 Å². The van der Waals surface area contributed by atoms with Crippen LogP contribution in [0, 0.1) is 28.5 Å². The molecule has 2 rings (SSSR count). The molecule has 0 aliphatic heterocycles. The van der Waals surface area contributed by atoms with E-state index in [0.29, 0.717) is 21.4 Å². The predicted octanol–water partition coefficient (Wildman–Crippen LogP) is 4.08. The zero-order valence-corrected chi connectivity index (χ0v) is 11.2. The van der Waals surface area contributed by atoms with E-state index in [1.807, 2.05) is 12.1 Å². The molecule has 0 spiro atoms. The van der Waals surface area contributed by atoms with Gasteiger partial charge in [0.25, 0.3) is 0 Å². The largest absolute Gasteiger partial charge is 0.354 e. The number of halogens is 2. The fourth-order valence-electron chi connectivity index (χ4n) is 1.58. The Morgan fingerprint density at radius 3 is 2.53 bits per heavy atom. The van der Waals surface area contributed by atoms with E-state index in [1.54, 1.807) is 24.3 Å². The molecule has 0 saturated heterocycles. The zero-order chi connectivity index (χ0) is 13.8. The minimum atomic E-state index is -0.569. The second kappa shape index (κ2) is 5.51. The Hall–Kier alpha value is -2.37. The van der Waals surface area contributed by atoms with Gasteiger partial charge in [-0.25, -0.2) is 4.39 Å². The lowest BCUT2D eigenvalue weighted by Crippen LogP contribution is -1.96. The molecule has 19 heavy (non-hydrogen) atoms. The quantitative estimate of drug-likeness (QED) is 0.908. The average molecular weight is 316 g/mol. The van der Waals surface area contributed by atoms with Gasteiger partial charge in [0, 0.05) is 10.2 Å². The van der Waals surface area contributed by atoms with Gasteiger partial charge in [-0.3, -0.25) is 0 Å². The maximum absolute atomic E-state index is 13.4. The maximum atomic E-state index is 13.4. The number of rotatable bonds is 2. The molecule has 2 aromatic rings. The van der Waals surface area contributed by atoms with Crippen LogP contribution in [0.5, 0.6) is 0 Å². The number of hydrogen-bond donors (Lipinski definition) is 1. The van der Waals surface area contributed by atoms with Crippen LogP contribution in [0.25, 0.3) is 0 Å². The molecule has 0 radical (unpaired) electrons. The summed E-state index contributed by atoms with van der Waals surface area (Å²) in [6, 6.07) is 13.3. The number of nitrogens with one attached hydrogen (secondary N) is 1. The first kappa shape index (κ1) is 13.1. The molecular formula is C14H7BrFN3. The van der Waals surface area contributed by atoms with Crippen molar-refractivity contribution in [1.82, 2.24) is 0 Å². The van der Waals surface area contributed by atoms with Crippen molar-refractivity contribution in [2.24, 2.45) is 0 Å². The summed E-state index contributed by atoms with van der Waals surface area (Å²) in [5, 5.41) is 20.7. The summed E-state index contributed by atoms with van der Waals surface area (Å²) >= 11 is 3.27. The first-order valence-corrected chi connectivity index (χ1v) is 6.10. The molecule has 0 heterocycles. The monoisotopic (exact) mass is 315 g/mol. The molecule has 3 nitrogen and oxygen atoms in total. The predicted molar refractivity (Wildman–Crippen MR) is 73.3 cm³/mol. The third kappa shape index (κ3) is 2.73. The van der Waals surface area contributed by atoms with E-state index in [2.05, 4.69) is 21.2 Å². The van der Waals surface area contributed by atoms with Gasteiger partial charge < -0.3 is 5.32 Å². The Morgan fingerprint density at radius 2 is 1.89 bits per heavy atom. The van der Waals surface area contributed by atoms with E-state index in [1.165, 1.54) is 12.1 Å². The molecule has 0 aromatic heterocycles. The summed E-state index contributed by atoms with van der Waals surface area (Å²) in [6.07, 6.45) is 0. The Bertz CT molecular complexity index is 714. The van der Waals surface area contributed by atoms with E-state index < -0.39 is 5.82 Å². The zero-order valence-electron chi connectivity index (χ0n) is 9.61. The van der Waals surface area contributed by atoms with Gasteiger partial charge >= 0.3 is 0 Å². The molecule has 0 aliphatic carbocycles. The number of nitrogens with zero attached hydrogens (tertiary/aromatic N) is 2. The van der Waals surface area contributed by atoms with E-state index in [-0.39, 0.29) is 5.56 Å². The molecule has 5 heteroatoms.